The van der Waals surface area contributed by atoms with Crippen LogP contribution in [-0.2, 0) is 4.79 Å². The van der Waals surface area contributed by atoms with Gasteiger partial charge in [-0.1, -0.05) is 0 Å². The van der Waals surface area contributed by atoms with Crippen LogP contribution in [0.25, 0.3) is 0 Å². The molecule has 2 N–H and O–H groups in total. The Balaban J connectivity index is 2.34. The fourth-order valence-electron chi connectivity index (χ4n) is 1.95. The molecule has 1 atom stereocenters. The maximum absolute atomic E-state index is 11.7. The Morgan fingerprint density at radius 1 is 1.53 bits per heavy atom. The van der Waals surface area contributed by atoms with Crippen LogP contribution in [0.3, 0.4) is 0 Å². The molecule has 0 radical (unpaired) electrons. The zero-order valence-corrected chi connectivity index (χ0v) is 9.13. The Morgan fingerprint density at radius 3 is 2.88 bits per heavy atom. The van der Waals surface area contributed by atoms with E-state index in [2.05, 4.69) is 0 Å². The van der Waals surface area contributed by atoms with Crippen molar-refractivity contribution in [2.75, 3.05) is 18.1 Å². The second-order valence-electron chi connectivity index (χ2n) is 4.07. The first-order valence-corrected chi connectivity index (χ1v) is 5.30. The summed E-state index contributed by atoms with van der Waals surface area (Å²) in [6, 6.07) is 6.32. The van der Waals surface area contributed by atoms with E-state index < -0.39 is 0 Å². The molecular weight excluding hydrogens is 220 g/mol. The quantitative estimate of drug-likeness (QED) is 0.782. The predicted molar refractivity (Wildman–Crippen MR) is 60.4 cm³/mol. The summed E-state index contributed by atoms with van der Waals surface area (Å²) in [5, 5.41) is 27.5. The van der Waals surface area contributed by atoms with Gasteiger partial charge >= 0.3 is 0 Å². The number of aliphatic hydroxyl groups excluding tert-OH is 1. The molecule has 1 aliphatic rings. The van der Waals surface area contributed by atoms with Gasteiger partial charge in [0.05, 0.1) is 17.3 Å². The minimum absolute atomic E-state index is 0.0315. The lowest BCUT2D eigenvalue weighted by atomic mass is 10.1. The van der Waals surface area contributed by atoms with E-state index in [1.807, 2.05) is 6.07 Å². The van der Waals surface area contributed by atoms with E-state index in [-0.39, 0.29) is 30.6 Å². The lowest BCUT2D eigenvalue weighted by Crippen LogP contribution is -2.25. The second kappa shape index (κ2) is 4.44. The maximum atomic E-state index is 11.7. The normalized spacial score (nSPS) is 19.4. The van der Waals surface area contributed by atoms with Crippen LogP contribution in [0.5, 0.6) is 5.75 Å². The summed E-state index contributed by atoms with van der Waals surface area (Å²) in [7, 11) is 0. The Kier molecular flexibility index (Phi) is 2.98. The lowest BCUT2D eigenvalue weighted by Gasteiger charge is -2.17. The molecule has 1 aromatic rings. The van der Waals surface area contributed by atoms with Crippen molar-refractivity contribution < 1.29 is 15.0 Å². The van der Waals surface area contributed by atoms with E-state index in [4.69, 9.17) is 10.4 Å². The first-order chi connectivity index (χ1) is 8.15. The van der Waals surface area contributed by atoms with E-state index in [0.29, 0.717) is 17.8 Å². The van der Waals surface area contributed by atoms with Gasteiger partial charge < -0.3 is 15.1 Å². The zero-order valence-electron chi connectivity index (χ0n) is 9.13. The molecule has 5 nitrogen and oxygen atoms in total. The Hall–Kier alpha value is -2.06. The van der Waals surface area contributed by atoms with Gasteiger partial charge in [-0.2, -0.15) is 5.26 Å². The highest BCUT2D eigenvalue weighted by molar-refractivity contribution is 5.97. The molecule has 1 aliphatic heterocycles. The Morgan fingerprint density at radius 2 is 2.29 bits per heavy atom. The van der Waals surface area contributed by atoms with Gasteiger partial charge in [-0.15, -0.1) is 0 Å². The summed E-state index contributed by atoms with van der Waals surface area (Å²) >= 11 is 0. The number of aliphatic hydroxyl groups is 1. The van der Waals surface area contributed by atoms with Gasteiger partial charge in [0.15, 0.2) is 0 Å². The largest absolute Gasteiger partial charge is 0.506 e. The molecule has 0 saturated carbocycles. The molecule has 1 heterocycles. The monoisotopic (exact) mass is 232 g/mol. The highest BCUT2D eigenvalue weighted by Gasteiger charge is 2.31. The molecule has 0 aromatic heterocycles. The van der Waals surface area contributed by atoms with Crippen molar-refractivity contribution in [3.63, 3.8) is 0 Å². The summed E-state index contributed by atoms with van der Waals surface area (Å²) < 4.78 is 0. The molecule has 1 aromatic carbocycles. The first-order valence-electron chi connectivity index (χ1n) is 5.30. The number of hydrogen-bond acceptors (Lipinski definition) is 4. The van der Waals surface area contributed by atoms with Crippen LogP contribution in [0.2, 0.25) is 0 Å². The molecule has 0 spiro atoms. The summed E-state index contributed by atoms with van der Waals surface area (Å²) in [5.74, 6) is -0.280. The molecule has 2 rings (SSSR count). The van der Waals surface area contributed by atoms with E-state index >= 15 is 0 Å². The van der Waals surface area contributed by atoms with Crippen LogP contribution >= 0.6 is 0 Å². The fraction of sp³-hybridized carbons (Fsp3) is 0.333. The number of anilines is 1. The number of hydrogen-bond donors (Lipinski definition) is 2. The number of nitrogens with zero attached hydrogens (tertiary/aromatic N) is 2. The van der Waals surface area contributed by atoms with Crippen molar-refractivity contribution in [1.82, 2.24) is 0 Å². The van der Waals surface area contributed by atoms with Crippen molar-refractivity contribution in [3.8, 4) is 11.8 Å². The third-order valence-corrected chi connectivity index (χ3v) is 2.86. The molecule has 1 saturated heterocycles. The van der Waals surface area contributed by atoms with Gasteiger partial charge in [0, 0.05) is 25.5 Å². The highest BCUT2D eigenvalue weighted by atomic mass is 16.3. The highest BCUT2D eigenvalue weighted by Crippen LogP contribution is 2.32. The SMILES string of the molecule is N#Cc1ccc(O)c(N2CC(CO)CC2=O)c1. The van der Waals surface area contributed by atoms with Gasteiger partial charge in [0.2, 0.25) is 5.91 Å². The lowest BCUT2D eigenvalue weighted by molar-refractivity contribution is -0.117. The number of nitriles is 1. The minimum atomic E-state index is -0.144. The number of carbonyl (C=O) groups is 1. The van der Waals surface area contributed by atoms with Crippen molar-refractivity contribution in [2.24, 2.45) is 5.92 Å². The van der Waals surface area contributed by atoms with Crippen LogP contribution in [0.1, 0.15) is 12.0 Å². The number of rotatable bonds is 2. The molecule has 0 aliphatic carbocycles. The van der Waals surface area contributed by atoms with Crippen LogP contribution in [-0.4, -0.2) is 29.3 Å². The third-order valence-electron chi connectivity index (χ3n) is 2.86. The first kappa shape index (κ1) is 11.4. The van der Waals surface area contributed by atoms with E-state index in [0.717, 1.165) is 0 Å². The number of benzene rings is 1. The average Bonchev–Trinajstić information content (AvgIpc) is 2.71. The topological polar surface area (TPSA) is 84.6 Å². The number of phenolic OH excluding ortho intramolecular Hbond substituents is 1. The standard InChI is InChI=1S/C12H12N2O3/c13-5-8-1-2-11(16)10(3-8)14-6-9(7-15)4-12(14)17/h1-3,9,15-16H,4,6-7H2. The fourth-order valence-corrected chi connectivity index (χ4v) is 1.95. The second-order valence-corrected chi connectivity index (χ2v) is 4.07. The number of amides is 1. The van der Waals surface area contributed by atoms with E-state index in [9.17, 15) is 9.90 Å². The number of aromatic hydroxyl groups is 1. The molecule has 1 unspecified atom stereocenters. The molecule has 88 valence electrons. The van der Waals surface area contributed by atoms with Crippen molar-refractivity contribution >= 4 is 11.6 Å². The maximum Gasteiger partial charge on any atom is 0.227 e. The van der Waals surface area contributed by atoms with Crippen LogP contribution in [0.15, 0.2) is 18.2 Å². The van der Waals surface area contributed by atoms with E-state index in [1.165, 1.54) is 23.1 Å². The van der Waals surface area contributed by atoms with Crippen molar-refractivity contribution in [1.29, 1.82) is 5.26 Å². The molecule has 0 bridgehead atoms. The molecule has 17 heavy (non-hydrogen) atoms. The van der Waals surface area contributed by atoms with Gasteiger partial charge in [0.1, 0.15) is 5.75 Å². The van der Waals surface area contributed by atoms with Crippen LogP contribution < -0.4 is 4.90 Å². The van der Waals surface area contributed by atoms with Crippen molar-refractivity contribution in [3.05, 3.63) is 23.8 Å². The predicted octanol–water partition coefficient (Wildman–Crippen LogP) is 0.609. The summed E-state index contributed by atoms with van der Waals surface area (Å²) in [6.07, 6.45) is 0.271. The summed E-state index contributed by atoms with van der Waals surface area (Å²) in [5.41, 5.74) is 0.725. The average molecular weight is 232 g/mol. The van der Waals surface area contributed by atoms with Gasteiger partial charge in [-0.05, 0) is 18.2 Å². The third kappa shape index (κ3) is 2.08. The zero-order chi connectivity index (χ0) is 12.4. The summed E-state index contributed by atoms with van der Waals surface area (Å²) in [6.45, 7) is 0.318. The van der Waals surface area contributed by atoms with E-state index in [1.54, 1.807) is 0 Å². The Labute approximate surface area is 98.5 Å². The molecule has 1 amide bonds. The molecular formula is C12H12N2O3. The van der Waals surface area contributed by atoms with Gasteiger partial charge in [0.25, 0.3) is 0 Å². The summed E-state index contributed by atoms with van der Waals surface area (Å²) in [4.78, 5) is 13.1. The van der Waals surface area contributed by atoms with Gasteiger partial charge in [-0.25, -0.2) is 0 Å². The number of phenols is 1. The van der Waals surface area contributed by atoms with Crippen LogP contribution in [0.4, 0.5) is 5.69 Å². The number of carbonyl (C=O) groups excluding carboxylic acids is 1. The minimum Gasteiger partial charge on any atom is -0.506 e. The van der Waals surface area contributed by atoms with Crippen LogP contribution in [0, 0.1) is 17.2 Å². The molecule has 5 heteroatoms. The Bertz CT molecular complexity index is 493. The van der Waals surface area contributed by atoms with Gasteiger partial charge in [-0.3, -0.25) is 4.79 Å². The van der Waals surface area contributed by atoms with Crippen molar-refractivity contribution in [2.45, 2.75) is 6.42 Å². The molecule has 1 fully saturated rings. The smallest absolute Gasteiger partial charge is 0.227 e.